The Balaban J connectivity index is 2.41. The van der Waals surface area contributed by atoms with Gasteiger partial charge in [-0.3, -0.25) is 0 Å². The lowest BCUT2D eigenvalue weighted by molar-refractivity contribution is -0.198. The number of carboxylic acids is 1. The molecule has 1 heterocycles. The van der Waals surface area contributed by atoms with E-state index < -0.39 is 18.0 Å². The predicted molar refractivity (Wildman–Crippen MR) is 108 cm³/mol. The van der Waals surface area contributed by atoms with Crippen molar-refractivity contribution in [1.82, 2.24) is 4.98 Å². The van der Waals surface area contributed by atoms with Crippen LogP contribution in [0, 0.1) is 0 Å². The molecular formula is C18H23N3O8S. The Morgan fingerprint density at radius 3 is 2.37 bits per heavy atom. The summed E-state index contributed by atoms with van der Waals surface area (Å²) in [6.07, 6.45) is -1.14. The van der Waals surface area contributed by atoms with Crippen LogP contribution in [0.2, 0.25) is 0 Å². The largest absolute Gasteiger partial charge is 0.493 e. The highest BCUT2D eigenvalue weighted by molar-refractivity contribution is 7.13. The highest BCUT2D eigenvalue weighted by Crippen LogP contribution is 2.40. The van der Waals surface area contributed by atoms with Crippen LogP contribution in [0.3, 0.4) is 0 Å². The number of carbonyl (C=O) groups is 1. The summed E-state index contributed by atoms with van der Waals surface area (Å²) in [7, 11) is 4.40. The van der Waals surface area contributed by atoms with Gasteiger partial charge in [0.25, 0.3) is 6.29 Å². The second kappa shape index (κ2) is 11.2. The molecule has 1 aromatic carbocycles. The molecule has 0 saturated carbocycles. The first-order valence-corrected chi connectivity index (χ1v) is 9.50. The van der Waals surface area contributed by atoms with Crippen molar-refractivity contribution >= 4 is 28.1 Å². The van der Waals surface area contributed by atoms with Crippen molar-refractivity contribution in [2.24, 2.45) is 5.16 Å². The maximum atomic E-state index is 11.6. The zero-order valence-electron chi connectivity index (χ0n) is 16.9. The number of thiazole rings is 1. The number of aromatic nitrogens is 1. The number of oxime groups is 1. The standard InChI is InChI=1S/C18H23N3O8S/c1-5-27-9-28-17(10-6-12(24-2)15(26-4)13(7-10)25-3)29-21-14(16(22)23)11-8-30-18(19)20-11/h6-8,17H,5,9H2,1-4H3,(H2,19,20)(H,22,23)/b21-14-. The lowest BCUT2D eigenvalue weighted by atomic mass is 10.1. The molecule has 3 N–H and O–H groups in total. The van der Waals surface area contributed by atoms with E-state index in [2.05, 4.69) is 10.1 Å². The number of nitrogens with two attached hydrogens (primary N) is 1. The number of ether oxygens (including phenoxy) is 5. The SMILES string of the molecule is CCOCOC(O/N=C(\C(=O)O)c1csc(N)n1)c1cc(OC)c(OC)c(OC)c1. The summed E-state index contributed by atoms with van der Waals surface area (Å²) in [4.78, 5) is 20.9. The van der Waals surface area contributed by atoms with Crippen LogP contribution in [0.4, 0.5) is 5.13 Å². The van der Waals surface area contributed by atoms with Crippen LogP contribution in [-0.4, -0.2) is 56.5 Å². The van der Waals surface area contributed by atoms with Gasteiger partial charge in [-0.1, -0.05) is 5.16 Å². The molecule has 0 amide bonds. The molecule has 1 atom stereocenters. The van der Waals surface area contributed by atoms with Gasteiger partial charge in [0.05, 0.1) is 21.3 Å². The van der Waals surface area contributed by atoms with Crippen LogP contribution >= 0.6 is 11.3 Å². The summed E-state index contributed by atoms with van der Waals surface area (Å²) in [6.45, 7) is 2.08. The van der Waals surface area contributed by atoms with E-state index in [1.54, 1.807) is 19.1 Å². The van der Waals surface area contributed by atoms with E-state index in [4.69, 9.17) is 34.3 Å². The Labute approximate surface area is 176 Å². The average molecular weight is 441 g/mol. The quantitative estimate of drug-likeness (QED) is 0.218. The molecule has 0 saturated heterocycles. The maximum absolute atomic E-state index is 11.6. The minimum absolute atomic E-state index is 0.0680. The van der Waals surface area contributed by atoms with Crippen LogP contribution in [0.5, 0.6) is 17.2 Å². The Bertz CT molecular complexity index is 861. The average Bonchev–Trinajstić information content (AvgIpc) is 3.17. The summed E-state index contributed by atoms with van der Waals surface area (Å²) >= 11 is 1.08. The van der Waals surface area contributed by atoms with Crippen molar-refractivity contribution < 1.29 is 38.4 Å². The van der Waals surface area contributed by atoms with Crippen molar-refractivity contribution in [2.45, 2.75) is 13.2 Å². The summed E-state index contributed by atoms with van der Waals surface area (Å²) in [5.74, 6) is -0.251. The van der Waals surface area contributed by atoms with E-state index in [0.717, 1.165) is 11.3 Å². The van der Waals surface area contributed by atoms with Crippen molar-refractivity contribution in [3.8, 4) is 17.2 Å². The second-order valence-corrected chi connectivity index (χ2v) is 6.38. The summed E-state index contributed by atoms with van der Waals surface area (Å²) < 4.78 is 26.7. The van der Waals surface area contributed by atoms with Crippen LogP contribution < -0.4 is 19.9 Å². The molecule has 1 unspecified atom stereocenters. The number of hydrogen-bond acceptors (Lipinski definition) is 11. The molecule has 12 heteroatoms. The number of hydrogen-bond donors (Lipinski definition) is 2. The lowest BCUT2D eigenvalue weighted by Crippen LogP contribution is -2.17. The molecule has 1 aromatic heterocycles. The van der Waals surface area contributed by atoms with Gasteiger partial charge in [-0.15, -0.1) is 11.3 Å². The Kier molecular flexibility index (Phi) is 8.65. The number of carboxylic acid groups (broad SMARTS) is 1. The lowest BCUT2D eigenvalue weighted by Gasteiger charge is -2.19. The molecule has 11 nitrogen and oxygen atoms in total. The van der Waals surface area contributed by atoms with Gasteiger partial charge >= 0.3 is 5.97 Å². The molecule has 164 valence electrons. The van der Waals surface area contributed by atoms with Crippen molar-refractivity contribution in [3.05, 3.63) is 28.8 Å². The summed E-state index contributed by atoms with van der Waals surface area (Å²) in [5, 5.41) is 14.8. The smallest absolute Gasteiger partial charge is 0.360 e. The van der Waals surface area contributed by atoms with E-state index in [-0.39, 0.29) is 17.6 Å². The van der Waals surface area contributed by atoms with Crippen LogP contribution in [0.15, 0.2) is 22.7 Å². The first kappa shape index (κ1) is 23.2. The topological polar surface area (TPSA) is 144 Å². The second-order valence-electron chi connectivity index (χ2n) is 5.49. The van der Waals surface area contributed by atoms with Gasteiger partial charge in [0, 0.05) is 17.6 Å². The third-order valence-electron chi connectivity index (χ3n) is 3.67. The highest BCUT2D eigenvalue weighted by atomic mass is 32.1. The van der Waals surface area contributed by atoms with Crippen molar-refractivity contribution in [1.29, 1.82) is 0 Å². The maximum Gasteiger partial charge on any atom is 0.360 e. The Morgan fingerprint density at radius 2 is 1.90 bits per heavy atom. The number of nitrogen functional groups attached to an aromatic ring is 1. The van der Waals surface area contributed by atoms with Gasteiger partial charge in [0.15, 0.2) is 23.4 Å². The fourth-order valence-electron chi connectivity index (χ4n) is 2.31. The van der Waals surface area contributed by atoms with E-state index in [1.807, 2.05) is 0 Å². The molecule has 0 aliphatic rings. The van der Waals surface area contributed by atoms with Gasteiger partial charge in [-0.25, -0.2) is 9.78 Å². The summed E-state index contributed by atoms with van der Waals surface area (Å²) in [6, 6.07) is 3.18. The van der Waals surface area contributed by atoms with Crippen LogP contribution in [0.1, 0.15) is 24.5 Å². The first-order chi connectivity index (χ1) is 14.4. The molecule has 0 bridgehead atoms. The number of benzene rings is 1. The number of methoxy groups -OCH3 is 3. The molecule has 0 spiro atoms. The fraction of sp³-hybridized carbons (Fsp3) is 0.389. The molecule has 0 aliphatic heterocycles. The molecule has 0 fully saturated rings. The van der Waals surface area contributed by atoms with Gasteiger partial charge < -0.3 is 39.4 Å². The van der Waals surface area contributed by atoms with Gasteiger partial charge in [-0.2, -0.15) is 0 Å². The van der Waals surface area contributed by atoms with Crippen LogP contribution in [0.25, 0.3) is 0 Å². The van der Waals surface area contributed by atoms with E-state index in [1.165, 1.54) is 26.7 Å². The van der Waals surface area contributed by atoms with E-state index in [0.29, 0.717) is 29.4 Å². The zero-order chi connectivity index (χ0) is 22.1. The zero-order valence-corrected chi connectivity index (χ0v) is 17.7. The molecule has 0 radical (unpaired) electrons. The van der Waals surface area contributed by atoms with Gasteiger partial charge in [0.2, 0.25) is 11.5 Å². The minimum Gasteiger partial charge on any atom is -0.493 e. The monoisotopic (exact) mass is 441 g/mol. The molecule has 0 aliphatic carbocycles. The number of rotatable bonds is 12. The first-order valence-electron chi connectivity index (χ1n) is 8.62. The van der Waals surface area contributed by atoms with Crippen molar-refractivity contribution in [3.63, 3.8) is 0 Å². The van der Waals surface area contributed by atoms with Gasteiger partial charge in [0.1, 0.15) is 5.69 Å². The molecule has 2 aromatic rings. The van der Waals surface area contributed by atoms with Crippen LogP contribution in [-0.2, 0) is 19.1 Å². The number of nitrogens with zero attached hydrogens (tertiary/aromatic N) is 2. The predicted octanol–water partition coefficient (Wildman–Crippen LogP) is 2.27. The highest BCUT2D eigenvalue weighted by Gasteiger charge is 2.23. The van der Waals surface area contributed by atoms with Gasteiger partial charge in [-0.05, 0) is 19.1 Å². The molecule has 30 heavy (non-hydrogen) atoms. The molecule has 2 rings (SSSR count). The van der Waals surface area contributed by atoms with E-state index >= 15 is 0 Å². The summed E-state index contributed by atoms with van der Waals surface area (Å²) in [5.41, 5.74) is 5.64. The number of anilines is 1. The normalized spacial score (nSPS) is 12.3. The fourth-order valence-corrected chi connectivity index (χ4v) is 2.86. The number of aliphatic carboxylic acids is 1. The minimum atomic E-state index is -1.34. The molecular weight excluding hydrogens is 418 g/mol. The third kappa shape index (κ3) is 5.72. The third-order valence-corrected chi connectivity index (χ3v) is 4.35. The van der Waals surface area contributed by atoms with Crippen molar-refractivity contribution in [2.75, 3.05) is 40.5 Å². The Hall–Kier alpha value is -3.09. The van der Waals surface area contributed by atoms with E-state index in [9.17, 15) is 9.90 Å². The Morgan fingerprint density at radius 1 is 1.23 bits per heavy atom.